The first-order chi connectivity index (χ1) is 9.40. The highest BCUT2D eigenvalue weighted by atomic mass is 32.2. The van der Waals surface area contributed by atoms with Crippen LogP contribution in [0.2, 0.25) is 0 Å². The Balaban J connectivity index is 3.00. The van der Waals surface area contributed by atoms with Gasteiger partial charge >= 0.3 is 0 Å². The lowest BCUT2D eigenvalue weighted by atomic mass is 10.2. The summed E-state index contributed by atoms with van der Waals surface area (Å²) in [6.07, 6.45) is 1.88. The van der Waals surface area contributed by atoms with Crippen molar-refractivity contribution >= 4 is 21.8 Å². The number of sulfonamides is 1. The molecule has 0 saturated carbocycles. The third-order valence-corrected chi connectivity index (χ3v) is 4.77. The normalized spacial score (nSPS) is 12.6. The van der Waals surface area contributed by atoms with Crippen molar-refractivity contribution in [1.29, 1.82) is 0 Å². The Morgan fingerprint density at radius 1 is 1.50 bits per heavy atom. The molecule has 0 heterocycles. The molecule has 0 aliphatic rings. The molecule has 0 amide bonds. The smallest absolute Gasteiger partial charge is 0.240 e. The molecule has 1 aromatic rings. The van der Waals surface area contributed by atoms with Crippen LogP contribution in [-0.2, 0) is 10.0 Å². The summed E-state index contributed by atoms with van der Waals surface area (Å²) < 4.78 is 40.3. The van der Waals surface area contributed by atoms with Crippen molar-refractivity contribution in [3.05, 3.63) is 29.6 Å². The number of halogens is 1. The number of rotatable bonds is 5. The van der Waals surface area contributed by atoms with E-state index < -0.39 is 15.8 Å². The number of hydrogen-bond acceptors (Lipinski definition) is 4. The fourth-order valence-electron chi connectivity index (χ4n) is 1.53. The maximum atomic E-state index is 13.7. The molecule has 0 saturated heterocycles. The topological polar surface area (TPSA) is 72.2 Å². The zero-order valence-corrected chi connectivity index (χ0v) is 12.9. The average molecular weight is 316 g/mol. The van der Waals surface area contributed by atoms with Crippen LogP contribution in [-0.4, -0.2) is 33.0 Å². The third-order valence-electron chi connectivity index (χ3n) is 2.35. The van der Waals surface area contributed by atoms with Crippen LogP contribution < -0.4 is 10.5 Å². The Kier molecular flexibility index (Phi) is 6.49. The first-order valence-electron chi connectivity index (χ1n) is 5.90. The van der Waals surface area contributed by atoms with E-state index in [-0.39, 0.29) is 23.0 Å². The lowest BCUT2D eigenvalue weighted by molar-refractivity contribution is 0.567. The number of nitrogens with one attached hydrogen (secondary N) is 1. The Morgan fingerprint density at radius 3 is 2.75 bits per heavy atom. The Morgan fingerprint density at radius 2 is 2.20 bits per heavy atom. The molecule has 110 valence electrons. The van der Waals surface area contributed by atoms with Gasteiger partial charge in [0.15, 0.2) is 0 Å². The molecule has 1 aromatic carbocycles. The molecule has 0 aromatic heterocycles. The summed E-state index contributed by atoms with van der Waals surface area (Å²) in [5, 5.41) is 0. The van der Waals surface area contributed by atoms with E-state index in [0.29, 0.717) is 5.75 Å². The Hall–Kier alpha value is -1.07. The van der Waals surface area contributed by atoms with Gasteiger partial charge in [-0.1, -0.05) is 11.8 Å². The van der Waals surface area contributed by atoms with E-state index in [0.717, 1.165) is 6.07 Å². The van der Waals surface area contributed by atoms with Gasteiger partial charge in [0.1, 0.15) is 5.82 Å². The second kappa shape index (κ2) is 7.64. The Bertz CT molecular complexity index is 621. The van der Waals surface area contributed by atoms with E-state index >= 15 is 0 Å². The monoisotopic (exact) mass is 316 g/mol. The summed E-state index contributed by atoms with van der Waals surface area (Å²) in [5.41, 5.74) is 5.34. The highest BCUT2D eigenvalue weighted by Crippen LogP contribution is 2.15. The van der Waals surface area contributed by atoms with Crippen molar-refractivity contribution in [1.82, 2.24) is 4.72 Å². The van der Waals surface area contributed by atoms with Crippen LogP contribution in [0.3, 0.4) is 0 Å². The molecule has 0 aliphatic heterocycles. The summed E-state index contributed by atoms with van der Waals surface area (Å²) >= 11 is 1.53. The van der Waals surface area contributed by atoms with Crippen molar-refractivity contribution in [2.45, 2.75) is 17.9 Å². The maximum absolute atomic E-state index is 13.7. The maximum Gasteiger partial charge on any atom is 0.240 e. The van der Waals surface area contributed by atoms with Crippen LogP contribution in [0.1, 0.15) is 12.5 Å². The van der Waals surface area contributed by atoms with Gasteiger partial charge in [-0.05, 0) is 31.4 Å². The van der Waals surface area contributed by atoms with E-state index in [1.165, 1.54) is 23.9 Å². The van der Waals surface area contributed by atoms with Gasteiger partial charge in [-0.25, -0.2) is 17.5 Å². The van der Waals surface area contributed by atoms with E-state index in [4.69, 9.17) is 5.73 Å². The van der Waals surface area contributed by atoms with Gasteiger partial charge in [0.2, 0.25) is 10.0 Å². The minimum absolute atomic E-state index is 0.110. The number of benzene rings is 1. The number of thioether (sulfide) groups is 1. The average Bonchev–Trinajstić information content (AvgIpc) is 2.36. The van der Waals surface area contributed by atoms with E-state index in [1.807, 2.05) is 6.26 Å². The van der Waals surface area contributed by atoms with Gasteiger partial charge in [0.25, 0.3) is 0 Å². The zero-order valence-electron chi connectivity index (χ0n) is 11.3. The summed E-state index contributed by atoms with van der Waals surface area (Å²) in [4.78, 5) is -0.110. The number of nitrogens with two attached hydrogens (primary N) is 1. The van der Waals surface area contributed by atoms with Crippen molar-refractivity contribution in [3.63, 3.8) is 0 Å². The molecule has 0 fully saturated rings. The summed E-state index contributed by atoms with van der Waals surface area (Å²) in [5.74, 6) is 5.03. The molecule has 1 unspecified atom stereocenters. The van der Waals surface area contributed by atoms with Crippen LogP contribution in [0.15, 0.2) is 23.1 Å². The minimum atomic E-state index is -3.72. The van der Waals surface area contributed by atoms with Gasteiger partial charge in [0, 0.05) is 11.8 Å². The largest absolute Gasteiger partial charge is 0.320 e. The van der Waals surface area contributed by atoms with Crippen LogP contribution >= 0.6 is 11.8 Å². The van der Waals surface area contributed by atoms with Crippen molar-refractivity contribution in [2.75, 3.05) is 18.6 Å². The fraction of sp³-hybridized carbons (Fsp3) is 0.385. The van der Waals surface area contributed by atoms with Gasteiger partial charge in [-0.2, -0.15) is 11.8 Å². The SMILES string of the molecule is CSCC(C)NS(=O)(=O)c1ccc(C#CCN)c(F)c1. The van der Waals surface area contributed by atoms with Gasteiger partial charge in [-0.15, -0.1) is 0 Å². The predicted molar refractivity (Wildman–Crippen MR) is 80.5 cm³/mol. The molecular weight excluding hydrogens is 299 g/mol. The highest BCUT2D eigenvalue weighted by Gasteiger charge is 2.18. The van der Waals surface area contributed by atoms with Gasteiger partial charge in [-0.3, -0.25) is 0 Å². The van der Waals surface area contributed by atoms with Crippen molar-refractivity contribution in [3.8, 4) is 11.8 Å². The van der Waals surface area contributed by atoms with Crippen LogP contribution in [0.4, 0.5) is 4.39 Å². The van der Waals surface area contributed by atoms with E-state index in [1.54, 1.807) is 6.92 Å². The lowest BCUT2D eigenvalue weighted by Gasteiger charge is -2.13. The molecule has 0 radical (unpaired) electrons. The second-order valence-corrected chi connectivity index (χ2v) is 6.75. The summed E-state index contributed by atoms with van der Waals surface area (Å²) in [6, 6.07) is 3.41. The second-order valence-electron chi connectivity index (χ2n) is 4.13. The Labute approximate surface area is 123 Å². The molecule has 7 heteroatoms. The zero-order chi connectivity index (χ0) is 15.2. The molecular formula is C13H17FN2O2S2. The van der Waals surface area contributed by atoms with Crippen LogP contribution in [0, 0.1) is 17.7 Å². The predicted octanol–water partition coefficient (Wildman–Crippen LogP) is 1.17. The molecule has 1 rings (SSSR count). The highest BCUT2D eigenvalue weighted by molar-refractivity contribution is 7.98. The lowest BCUT2D eigenvalue weighted by Crippen LogP contribution is -2.34. The molecule has 4 nitrogen and oxygen atoms in total. The first-order valence-corrected chi connectivity index (χ1v) is 8.78. The van der Waals surface area contributed by atoms with Crippen molar-refractivity contribution < 1.29 is 12.8 Å². The third kappa shape index (κ3) is 4.80. The van der Waals surface area contributed by atoms with Gasteiger partial charge in [0.05, 0.1) is 17.0 Å². The van der Waals surface area contributed by atoms with Crippen LogP contribution in [0.25, 0.3) is 0 Å². The van der Waals surface area contributed by atoms with Gasteiger partial charge < -0.3 is 5.73 Å². The van der Waals surface area contributed by atoms with Crippen LogP contribution in [0.5, 0.6) is 0 Å². The number of hydrogen-bond donors (Lipinski definition) is 2. The summed E-state index contributed by atoms with van der Waals surface area (Å²) in [6.45, 7) is 1.87. The molecule has 0 aliphatic carbocycles. The fourth-order valence-corrected chi connectivity index (χ4v) is 3.47. The minimum Gasteiger partial charge on any atom is -0.320 e. The van der Waals surface area contributed by atoms with E-state index in [9.17, 15) is 12.8 Å². The quantitative estimate of drug-likeness (QED) is 0.800. The molecule has 20 heavy (non-hydrogen) atoms. The van der Waals surface area contributed by atoms with E-state index in [2.05, 4.69) is 16.6 Å². The summed E-state index contributed by atoms with van der Waals surface area (Å²) in [7, 11) is -3.72. The standard InChI is InChI=1S/C13H17FN2O2S2/c1-10(9-19-2)16-20(17,18)12-6-5-11(4-3-7-15)13(14)8-12/h5-6,8,10,16H,7,9,15H2,1-2H3. The molecule has 3 N–H and O–H groups in total. The molecule has 1 atom stereocenters. The molecule has 0 spiro atoms. The molecule has 0 bridgehead atoms. The van der Waals surface area contributed by atoms with Crippen molar-refractivity contribution in [2.24, 2.45) is 5.73 Å². The first kappa shape index (κ1) is 17.0.